The SMILES string of the molecule is CN1CCC(N2CC(N)C2=O)CC1. The smallest absolute Gasteiger partial charge is 0.241 e. The molecule has 1 atom stereocenters. The molecule has 13 heavy (non-hydrogen) atoms. The quantitative estimate of drug-likeness (QED) is 0.544. The van der Waals surface area contributed by atoms with Gasteiger partial charge in [0.1, 0.15) is 6.04 Å². The van der Waals surface area contributed by atoms with Gasteiger partial charge in [0.25, 0.3) is 0 Å². The number of β-lactam (4-membered cyclic amide) rings is 1. The number of amides is 1. The molecule has 2 N–H and O–H groups in total. The highest BCUT2D eigenvalue weighted by atomic mass is 16.2. The molecule has 0 aromatic heterocycles. The topological polar surface area (TPSA) is 49.6 Å². The van der Waals surface area contributed by atoms with E-state index in [9.17, 15) is 4.79 Å². The molecule has 2 aliphatic rings. The van der Waals surface area contributed by atoms with E-state index >= 15 is 0 Å². The highest BCUT2D eigenvalue weighted by Gasteiger charge is 2.38. The van der Waals surface area contributed by atoms with Crippen molar-refractivity contribution in [3.63, 3.8) is 0 Å². The van der Waals surface area contributed by atoms with Crippen LogP contribution in [0.1, 0.15) is 12.8 Å². The normalized spacial score (nSPS) is 32.0. The molecular weight excluding hydrogens is 166 g/mol. The molecule has 74 valence electrons. The average molecular weight is 183 g/mol. The van der Waals surface area contributed by atoms with Crippen LogP contribution in [0.2, 0.25) is 0 Å². The highest BCUT2D eigenvalue weighted by molar-refractivity contribution is 5.87. The van der Waals surface area contributed by atoms with Crippen LogP contribution in [0.5, 0.6) is 0 Å². The van der Waals surface area contributed by atoms with Crippen LogP contribution in [0.4, 0.5) is 0 Å². The van der Waals surface area contributed by atoms with Crippen molar-refractivity contribution in [3.8, 4) is 0 Å². The van der Waals surface area contributed by atoms with Gasteiger partial charge in [0.15, 0.2) is 0 Å². The van der Waals surface area contributed by atoms with Crippen LogP contribution in [-0.4, -0.2) is 54.5 Å². The van der Waals surface area contributed by atoms with Crippen LogP contribution in [0, 0.1) is 0 Å². The van der Waals surface area contributed by atoms with E-state index < -0.39 is 0 Å². The lowest BCUT2D eigenvalue weighted by atomic mass is 9.97. The summed E-state index contributed by atoms with van der Waals surface area (Å²) < 4.78 is 0. The third-order valence-corrected chi connectivity index (χ3v) is 3.12. The number of nitrogens with two attached hydrogens (primary N) is 1. The van der Waals surface area contributed by atoms with Crippen molar-refractivity contribution >= 4 is 5.91 Å². The van der Waals surface area contributed by atoms with E-state index in [2.05, 4.69) is 11.9 Å². The first-order chi connectivity index (χ1) is 6.18. The zero-order valence-corrected chi connectivity index (χ0v) is 8.07. The number of hydrogen-bond donors (Lipinski definition) is 1. The predicted octanol–water partition coefficient (Wildman–Crippen LogP) is -0.750. The second-order valence-electron chi connectivity index (χ2n) is 4.13. The molecule has 1 amide bonds. The number of nitrogens with zero attached hydrogens (tertiary/aromatic N) is 2. The Morgan fingerprint density at radius 1 is 1.38 bits per heavy atom. The molecule has 2 saturated heterocycles. The fourth-order valence-electron chi connectivity index (χ4n) is 2.12. The molecule has 0 aliphatic carbocycles. The van der Waals surface area contributed by atoms with E-state index in [0.29, 0.717) is 6.04 Å². The van der Waals surface area contributed by atoms with Gasteiger partial charge in [0.2, 0.25) is 5.91 Å². The van der Waals surface area contributed by atoms with Gasteiger partial charge >= 0.3 is 0 Å². The number of likely N-dealkylation sites (tertiary alicyclic amines) is 2. The van der Waals surface area contributed by atoms with Gasteiger partial charge in [-0.3, -0.25) is 4.79 Å². The summed E-state index contributed by atoms with van der Waals surface area (Å²) in [5.74, 6) is 0.148. The van der Waals surface area contributed by atoms with Crippen LogP contribution >= 0.6 is 0 Å². The van der Waals surface area contributed by atoms with Gasteiger partial charge in [0.05, 0.1) is 0 Å². The summed E-state index contributed by atoms with van der Waals surface area (Å²) in [6.07, 6.45) is 2.21. The summed E-state index contributed by atoms with van der Waals surface area (Å²) in [5, 5.41) is 0. The fraction of sp³-hybridized carbons (Fsp3) is 0.889. The molecule has 0 radical (unpaired) electrons. The molecule has 0 aromatic carbocycles. The zero-order valence-electron chi connectivity index (χ0n) is 8.07. The van der Waals surface area contributed by atoms with Crippen molar-refractivity contribution in [3.05, 3.63) is 0 Å². The van der Waals surface area contributed by atoms with Gasteiger partial charge in [0, 0.05) is 12.6 Å². The molecule has 0 aromatic rings. The summed E-state index contributed by atoms with van der Waals surface area (Å²) in [6.45, 7) is 2.97. The number of hydrogen-bond acceptors (Lipinski definition) is 3. The molecule has 4 heteroatoms. The molecule has 2 fully saturated rings. The molecular formula is C9H17N3O. The maximum atomic E-state index is 11.3. The van der Waals surface area contributed by atoms with Crippen LogP contribution in [-0.2, 0) is 4.79 Å². The maximum absolute atomic E-state index is 11.3. The Morgan fingerprint density at radius 2 is 2.00 bits per heavy atom. The minimum Gasteiger partial charge on any atom is -0.336 e. The Bertz CT molecular complexity index is 211. The Labute approximate surface area is 78.7 Å². The van der Waals surface area contributed by atoms with Crippen molar-refractivity contribution in [2.24, 2.45) is 5.73 Å². The van der Waals surface area contributed by atoms with Crippen LogP contribution < -0.4 is 5.73 Å². The second kappa shape index (κ2) is 3.27. The van der Waals surface area contributed by atoms with Gasteiger partial charge in [-0.25, -0.2) is 0 Å². The molecule has 1 unspecified atom stereocenters. The third-order valence-electron chi connectivity index (χ3n) is 3.12. The van der Waals surface area contributed by atoms with Crippen LogP contribution in [0.3, 0.4) is 0 Å². The van der Waals surface area contributed by atoms with Crippen molar-refractivity contribution in [2.45, 2.75) is 24.9 Å². The van der Waals surface area contributed by atoms with E-state index in [4.69, 9.17) is 5.73 Å². The Morgan fingerprint density at radius 3 is 2.46 bits per heavy atom. The lowest BCUT2D eigenvalue weighted by molar-refractivity contribution is -0.146. The molecule has 0 bridgehead atoms. The second-order valence-corrected chi connectivity index (χ2v) is 4.13. The molecule has 2 aliphatic heterocycles. The summed E-state index contributed by atoms with van der Waals surface area (Å²) in [4.78, 5) is 15.6. The molecule has 0 saturated carbocycles. The Kier molecular flexibility index (Phi) is 2.26. The predicted molar refractivity (Wildman–Crippen MR) is 50.2 cm³/mol. The number of piperidine rings is 1. The minimum absolute atomic E-state index is 0.148. The first-order valence-corrected chi connectivity index (χ1v) is 4.93. The van der Waals surface area contributed by atoms with Crippen molar-refractivity contribution < 1.29 is 4.79 Å². The third kappa shape index (κ3) is 1.56. The van der Waals surface area contributed by atoms with Crippen LogP contribution in [0.15, 0.2) is 0 Å². The summed E-state index contributed by atoms with van der Waals surface area (Å²) in [7, 11) is 2.12. The molecule has 0 spiro atoms. The van der Waals surface area contributed by atoms with E-state index in [1.807, 2.05) is 4.90 Å². The summed E-state index contributed by atoms with van der Waals surface area (Å²) in [6, 6.07) is 0.253. The van der Waals surface area contributed by atoms with Gasteiger partial charge in [-0.05, 0) is 33.0 Å². The highest BCUT2D eigenvalue weighted by Crippen LogP contribution is 2.21. The van der Waals surface area contributed by atoms with Gasteiger partial charge in [-0.15, -0.1) is 0 Å². The summed E-state index contributed by atoms with van der Waals surface area (Å²) >= 11 is 0. The van der Waals surface area contributed by atoms with E-state index in [-0.39, 0.29) is 11.9 Å². The first kappa shape index (κ1) is 8.97. The van der Waals surface area contributed by atoms with Crippen LogP contribution in [0.25, 0.3) is 0 Å². The van der Waals surface area contributed by atoms with E-state index in [1.54, 1.807) is 0 Å². The zero-order chi connectivity index (χ0) is 9.42. The fourth-order valence-corrected chi connectivity index (χ4v) is 2.12. The number of carbonyl (C=O) groups excluding carboxylic acids is 1. The lowest BCUT2D eigenvalue weighted by Gasteiger charge is -2.45. The number of rotatable bonds is 1. The Balaban J connectivity index is 1.86. The van der Waals surface area contributed by atoms with E-state index in [0.717, 1.165) is 32.5 Å². The standard InChI is InChI=1S/C9H17N3O/c1-11-4-2-7(3-5-11)12-6-8(10)9(12)13/h7-8H,2-6,10H2,1H3. The lowest BCUT2D eigenvalue weighted by Crippen LogP contribution is -2.65. The summed E-state index contributed by atoms with van der Waals surface area (Å²) in [5.41, 5.74) is 5.54. The van der Waals surface area contributed by atoms with Crippen molar-refractivity contribution in [2.75, 3.05) is 26.7 Å². The average Bonchev–Trinajstić information content (AvgIpc) is 2.15. The molecule has 2 rings (SSSR count). The Hall–Kier alpha value is -0.610. The van der Waals surface area contributed by atoms with Gasteiger partial charge < -0.3 is 15.5 Å². The monoisotopic (exact) mass is 183 g/mol. The largest absolute Gasteiger partial charge is 0.336 e. The number of carbonyl (C=O) groups is 1. The van der Waals surface area contributed by atoms with Gasteiger partial charge in [-0.2, -0.15) is 0 Å². The van der Waals surface area contributed by atoms with E-state index in [1.165, 1.54) is 0 Å². The molecule has 4 nitrogen and oxygen atoms in total. The van der Waals surface area contributed by atoms with Crippen molar-refractivity contribution in [1.82, 2.24) is 9.80 Å². The first-order valence-electron chi connectivity index (χ1n) is 4.93. The van der Waals surface area contributed by atoms with Gasteiger partial charge in [-0.1, -0.05) is 0 Å². The molecule has 2 heterocycles. The minimum atomic E-state index is -0.209. The van der Waals surface area contributed by atoms with Crippen molar-refractivity contribution in [1.29, 1.82) is 0 Å². The maximum Gasteiger partial charge on any atom is 0.241 e.